The summed E-state index contributed by atoms with van der Waals surface area (Å²) < 4.78 is 17.2. The molecule has 51 heavy (non-hydrogen) atoms. The minimum Gasteiger partial charge on any atom is -0.307 e. The molecule has 5 nitrogen and oxygen atoms in total. The van der Waals surface area contributed by atoms with Crippen LogP contribution < -0.4 is 16.0 Å². The van der Waals surface area contributed by atoms with Crippen molar-refractivity contribution in [1.29, 1.82) is 0 Å². The highest BCUT2D eigenvalue weighted by molar-refractivity contribution is 7.85. The van der Waals surface area contributed by atoms with Gasteiger partial charge in [0.15, 0.2) is 7.14 Å². The largest absolute Gasteiger partial charge is 0.307 e. The minimum atomic E-state index is -3.21. The number of benzene rings is 6. The van der Waals surface area contributed by atoms with Crippen molar-refractivity contribution >= 4 is 72.3 Å². The van der Waals surface area contributed by atoms with E-state index in [1.165, 1.54) is 16.3 Å². The molecule has 6 aromatic carbocycles. The maximum atomic E-state index is 14.9. The Hall–Kier alpha value is -6.42. The molecule has 0 saturated carbocycles. The van der Waals surface area contributed by atoms with Gasteiger partial charge in [-0.3, -0.25) is 14.4 Å². The monoisotopic (exact) mass is 672 g/mol. The number of fused-ring (bicyclic) bond motifs is 10. The first kappa shape index (κ1) is 29.5. The third-order valence-corrected chi connectivity index (χ3v) is 13.0. The van der Waals surface area contributed by atoms with E-state index >= 15 is 0 Å². The van der Waals surface area contributed by atoms with Crippen molar-refractivity contribution in [3.05, 3.63) is 176 Å². The molecule has 4 heterocycles. The maximum absolute atomic E-state index is 14.9. The van der Waals surface area contributed by atoms with Gasteiger partial charge in [0.1, 0.15) is 11.1 Å². The van der Waals surface area contributed by atoms with Gasteiger partial charge in [0, 0.05) is 45.5 Å². The molecule has 0 radical (unpaired) electrons. The molecule has 0 aliphatic carbocycles. The summed E-state index contributed by atoms with van der Waals surface area (Å²) in [4.78, 5) is 14.3. The first-order chi connectivity index (χ1) is 25.2. The van der Waals surface area contributed by atoms with E-state index < -0.39 is 7.14 Å². The van der Waals surface area contributed by atoms with Crippen LogP contribution in [-0.2, 0) is 4.57 Å². The van der Waals surface area contributed by atoms with E-state index in [1.807, 2.05) is 66.9 Å². The molecule has 240 valence electrons. The lowest BCUT2D eigenvalue weighted by molar-refractivity contribution is 0.592. The van der Waals surface area contributed by atoms with Gasteiger partial charge in [-0.2, -0.15) is 0 Å². The molecular weight excluding hydrogens is 643 g/mol. The van der Waals surface area contributed by atoms with E-state index in [1.54, 1.807) is 12.4 Å². The topological polar surface area (TPSA) is 60.2 Å². The Bertz CT molecular complexity index is 2940. The summed E-state index contributed by atoms with van der Waals surface area (Å²) in [5.74, 6) is 0. The molecule has 4 aromatic heterocycles. The minimum absolute atomic E-state index is 0.544. The lowest BCUT2D eigenvalue weighted by Gasteiger charge is -2.19. The Kier molecular flexibility index (Phi) is 6.70. The molecule has 10 aromatic rings. The standard InChI is InChI=1S/C45H29N4OP/c50-51(35-12-5-2-6-13-35,36-23-25-46-26-24-36)43-22-18-34(29-47-43)32-17-21-41-39(27-32)38-19-15-31-11-7-8-14-37(31)44(38)45-48-40-20-16-33(28-42(40)49(41)45)30-9-3-1-4-10-30/h1-29H. The van der Waals surface area contributed by atoms with Crippen LogP contribution in [-0.4, -0.2) is 19.4 Å². The molecule has 6 heteroatoms. The van der Waals surface area contributed by atoms with Crippen LogP contribution in [0.1, 0.15) is 0 Å². The van der Waals surface area contributed by atoms with Gasteiger partial charge in [-0.05, 0) is 75.3 Å². The fourth-order valence-electron chi connectivity index (χ4n) is 7.51. The number of aromatic nitrogens is 4. The van der Waals surface area contributed by atoms with E-state index in [2.05, 4.69) is 106 Å². The average Bonchev–Trinajstić information content (AvgIpc) is 3.60. The molecule has 0 aliphatic heterocycles. The number of rotatable bonds is 5. The predicted octanol–water partition coefficient (Wildman–Crippen LogP) is 9.71. The molecule has 10 rings (SSSR count). The quantitative estimate of drug-likeness (QED) is 0.135. The van der Waals surface area contributed by atoms with E-state index in [4.69, 9.17) is 9.97 Å². The highest BCUT2D eigenvalue weighted by atomic mass is 31.2. The van der Waals surface area contributed by atoms with Crippen molar-refractivity contribution in [3.63, 3.8) is 0 Å². The number of nitrogens with zero attached hydrogens (tertiary/aromatic N) is 4. The highest BCUT2D eigenvalue weighted by Crippen LogP contribution is 2.42. The molecule has 1 atom stereocenters. The summed E-state index contributed by atoms with van der Waals surface area (Å²) in [7, 11) is -3.21. The zero-order chi connectivity index (χ0) is 33.9. The van der Waals surface area contributed by atoms with Crippen LogP contribution in [0.2, 0.25) is 0 Å². The van der Waals surface area contributed by atoms with Crippen LogP contribution in [0, 0.1) is 0 Å². The van der Waals surface area contributed by atoms with Gasteiger partial charge in [0.05, 0.1) is 16.6 Å². The summed E-state index contributed by atoms with van der Waals surface area (Å²) in [6.45, 7) is 0. The zero-order valence-electron chi connectivity index (χ0n) is 27.4. The van der Waals surface area contributed by atoms with Crippen LogP contribution in [0.5, 0.6) is 0 Å². The molecule has 0 fully saturated rings. The smallest absolute Gasteiger partial charge is 0.188 e. The van der Waals surface area contributed by atoms with E-state index in [9.17, 15) is 4.57 Å². The molecule has 0 amide bonds. The number of hydrogen-bond donors (Lipinski definition) is 0. The molecule has 0 saturated heterocycles. The van der Waals surface area contributed by atoms with Gasteiger partial charge in [-0.15, -0.1) is 0 Å². The van der Waals surface area contributed by atoms with Crippen molar-refractivity contribution in [2.45, 2.75) is 0 Å². The number of imidazole rings is 1. The van der Waals surface area contributed by atoms with Crippen LogP contribution >= 0.6 is 7.14 Å². The number of hydrogen-bond acceptors (Lipinski definition) is 4. The van der Waals surface area contributed by atoms with E-state index in [-0.39, 0.29) is 0 Å². The second kappa shape index (κ2) is 11.6. The Morgan fingerprint density at radius 3 is 2.02 bits per heavy atom. The summed E-state index contributed by atoms with van der Waals surface area (Å²) in [5, 5.41) is 7.20. The highest BCUT2D eigenvalue weighted by Gasteiger charge is 2.31. The van der Waals surface area contributed by atoms with Gasteiger partial charge < -0.3 is 4.57 Å². The van der Waals surface area contributed by atoms with Gasteiger partial charge >= 0.3 is 0 Å². The second-order valence-electron chi connectivity index (χ2n) is 12.8. The van der Waals surface area contributed by atoms with Crippen molar-refractivity contribution in [1.82, 2.24) is 19.4 Å². The van der Waals surface area contributed by atoms with Crippen molar-refractivity contribution < 1.29 is 4.57 Å². The van der Waals surface area contributed by atoms with Gasteiger partial charge in [0.2, 0.25) is 0 Å². The Balaban J connectivity index is 1.19. The first-order valence-corrected chi connectivity index (χ1v) is 18.7. The lowest BCUT2D eigenvalue weighted by atomic mass is 9.97. The summed E-state index contributed by atoms with van der Waals surface area (Å²) in [5.41, 5.74) is 8.90. The second-order valence-corrected chi connectivity index (χ2v) is 15.5. The fraction of sp³-hybridized carbons (Fsp3) is 0. The zero-order valence-corrected chi connectivity index (χ0v) is 28.3. The van der Waals surface area contributed by atoms with Crippen molar-refractivity contribution in [2.75, 3.05) is 0 Å². The Labute approximate surface area is 293 Å². The van der Waals surface area contributed by atoms with Crippen LogP contribution in [0.3, 0.4) is 0 Å². The van der Waals surface area contributed by atoms with E-state index in [0.717, 1.165) is 60.4 Å². The van der Waals surface area contributed by atoms with Crippen LogP contribution in [0.4, 0.5) is 0 Å². The average molecular weight is 673 g/mol. The van der Waals surface area contributed by atoms with Crippen LogP contribution in [0.25, 0.3) is 71.4 Å². The first-order valence-electron chi connectivity index (χ1n) is 16.9. The van der Waals surface area contributed by atoms with Crippen molar-refractivity contribution in [2.24, 2.45) is 0 Å². The van der Waals surface area contributed by atoms with Gasteiger partial charge in [-0.25, -0.2) is 4.98 Å². The third-order valence-electron chi connectivity index (χ3n) is 9.99. The maximum Gasteiger partial charge on any atom is 0.188 e. The summed E-state index contributed by atoms with van der Waals surface area (Å²) >= 11 is 0. The Morgan fingerprint density at radius 1 is 0.510 bits per heavy atom. The van der Waals surface area contributed by atoms with Gasteiger partial charge in [-0.1, -0.05) is 115 Å². The van der Waals surface area contributed by atoms with Crippen LogP contribution in [0.15, 0.2) is 176 Å². The summed E-state index contributed by atoms with van der Waals surface area (Å²) in [6.07, 6.45) is 5.22. The normalized spacial score (nSPS) is 12.9. The molecule has 1 unspecified atom stereocenters. The molecule has 0 N–H and O–H groups in total. The Morgan fingerprint density at radius 2 is 1.22 bits per heavy atom. The molecule has 0 spiro atoms. The predicted molar refractivity (Wildman–Crippen MR) is 211 cm³/mol. The summed E-state index contributed by atoms with van der Waals surface area (Å²) in [6, 6.07) is 53.8. The molecule has 0 bridgehead atoms. The van der Waals surface area contributed by atoms with Crippen molar-refractivity contribution in [3.8, 4) is 22.3 Å². The molecule has 0 aliphatic rings. The van der Waals surface area contributed by atoms with Gasteiger partial charge in [0.25, 0.3) is 0 Å². The molecular formula is C45H29N4OP. The fourth-order valence-corrected chi connectivity index (χ4v) is 9.99. The lowest BCUT2D eigenvalue weighted by Crippen LogP contribution is -2.26. The number of pyridine rings is 3. The van der Waals surface area contributed by atoms with E-state index in [0.29, 0.717) is 10.7 Å². The SMILES string of the molecule is O=P(c1ccccc1)(c1ccncc1)c1ccc(-c2ccc3c(c2)c2ccc4ccccc4c2c2nc4ccc(-c5ccccc5)cc4n32)cn1. The third kappa shape index (κ3) is 4.63.